The van der Waals surface area contributed by atoms with E-state index in [1.807, 2.05) is 26.0 Å². The lowest BCUT2D eigenvalue weighted by molar-refractivity contribution is -0.122. The maximum absolute atomic E-state index is 12.8. The summed E-state index contributed by atoms with van der Waals surface area (Å²) in [5, 5.41) is 2.65. The van der Waals surface area contributed by atoms with E-state index >= 15 is 0 Å². The third-order valence-electron chi connectivity index (χ3n) is 3.77. The van der Waals surface area contributed by atoms with E-state index in [2.05, 4.69) is 5.32 Å². The van der Waals surface area contributed by atoms with Crippen molar-refractivity contribution in [2.75, 3.05) is 4.90 Å². The summed E-state index contributed by atoms with van der Waals surface area (Å²) in [6.07, 6.45) is 4.43. The van der Waals surface area contributed by atoms with Gasteiger partial charge in [-0.05, 0) is 55.4 Å². The highest BCUT2D eigenvalue weighted by Gasteiger charge is 2.35. The van der Waals surface area contributed by atoms with Crippen molar-refractivity contribution >= 4 is 40.9 Å². The van der Waals surface area contributed by atoms with E-state index in [1.54, 1.807) is 12.1 Å². The van der Waals surface area contributed by atoms with E-state index in [1.165, 1.54) is 23.5 Å². The molecule has 1 fully saturated rings. The Kier molecular flexibility index (Phi) is 3.83. The van der Waals surface area contributed by atoms with Crippen molar-refractivity contribution in [3.63, 3.8) is 0 Å². The molecule has 1 aromatic carbocycles. The molecule has 0 spiro atoms. The number of hydrogen-bond donors (Lipinski definition) is 1. The average Bonchev–Trinajstić information content (AvgIpc) is 3.01. The Labute approximate surface area is 138 Å². The molecule has 116 valence electrons. The Hall–Kier alpha value is -2.73. The normalized spacial score (nSPS) is 16.9. The molecule has 2 heterocycles. The number of thiocarbonyl (C=S) groups is 1. The molecule has 1 saturated heterocycles. The van der Waals surface area contributed by atoms with Gasteiger partial charge in [0.2, 0.25) is 0 Å². The summed E-state index contributed by atoms with van der Waals surface area (Å²) >= 11 is 5.19. The minimum atomic E-state index is -0.511. The molecule has 0 unspecified atom stereocenters. The number of carbonyl (C=O) groups excluding carboxylic acids is 2. The smallest absolute Gasteiger partial charge is 0.270 e. The summed E-state index contributed by atoms with van der Waals surface area (Å²) in [6, 6.07) is 7.28. The van der Waals surface area contributed by atoms with Crippen molar-refractivity contribution in [1.29, 1.82) is 0 Å². The van der Waals surface area contributed by atoms with E-state index in [9.17, 15) is 9.59 Å². The number of aryl methyl sites for hydroxylation is 1. The number of anilines is 1. The summed E-state index contributed by atoms with van der Waals surface area (Å²) in [5.41, 5.74) is 3.29. The monoisotopic (exact) mass is 326 g/mol. The molecule has 23 heavy (non-hydrogen) atoms. The van der Waals surface area contributed by atoms with E-state index in [4.69, 9.17) is 16.6 Å². The summed E-state index contributed by atoms with van der Waals surface area (Å²) in [5.74, 6) is -0.962. The van der Waals surface area contributed by atoms with Gasteiger partial charge in [-0.3, -0.25) is 19.8 Å². The lowest BCUT2D eigenvalue weighted by atomic mass is 10.0. The van der Waals surface area contributed by atoms with Crippen LogP contribution >= 0.6 is 12.2 Å². The molecule has 1 aromatic heterocycles. The van der Waals surface area contributed by atoms with Crippen LogP contribution in [0.2, 0.25) is 0 Å². The van der Waals surface area contributed by atoms with E-state index in [-0.39, 0.29) is 10.7 Å². The first-order chi connectivity index (χ1) is 11.0. The van der Waals surface area contributed by atoms with Crippen molar-refractivity contribution in [3.8, 4) is 0 Å². The molecule has 2 amide bonds. The Morgan fingerprint density at radius 2 is 2.00 bits per heavy atom. The second-order valence-electron chi connectivity index (χ2n) is 5.23. The molecular weight excluding hydrogens is 312 g/mol. The van der Waals surface area contributed by atoms with Crippen molar-refractivity contribution in [3.05, 3.63) is 59.1 Å². The molecule has 1 N–H and O–H groups in total. The van der Waals surface area contributed by atoms with Crippen LogP contribution in [-0.4, -0.2) is 16.9 Å². The SMILES string of the molecule is Cc1cccc(N2C(=O)/C(=C/c3ccoc3)C(=O)NC2=S)c1C. The third kappa shape index (κ3) is 2.68. The zero-order chi connectivity index (χ0) is 16.6. The molecule has 1 aliphatic rings. The first kappa shape index (κ1) is 15.2. The van der Waals surface area contributed by atoms with Crippen LogP contribution in [0.25, 0.3) is 6.08 Å². The maximum Gasteiger partial charge on any atom is 0.270 e. The highest BCUT2D eigenvalue weighted by atomic mass is 32.1. The van der Waals surface area contributed by atoms with Crippen molar-refractivity contribution in [1.82, 2.24) is 5.32 Å². The van der Waals surface area contributed by atoms with Crippen molar-refractivity contribution in [2.24, 2.45) is 0 Å². The predicted molar refractivity (Wildman–Crippen MR) is 90.8 cm³/mol. The second kappa shape index (κ2) is 5.81. The molecule has 0 aliphatic carbocycles. The van der Waals surface area contributed by atoms with Gasteiger partial charge in [0.1, 0.15) is 5.57 Å². The fourth-order valence-electron chi connectivity index (χ4n) is 2.38. The molecule has 0 bridgehead atoms. The van der Waals surface area contributed by atoms with Crippen LogP contribution in [0.3, 0.4) is 0 Å². The standard InChI is InChI=1S/C17H14N2O3S/c1-10-4-3-5-14(11(10)2)19-16(21)13(15(20)18-17(19)23)8-12-6-7-22-9-12/h3-9H,1-2H3,(H,18,20,23)/b13-8+. The molecule has 0 saturated carbocycles. The number of nitrogens with zero attached hydrogens (tertiary/aromatic N) is 1. The van der Waals surface area contributed by atoms with Crippen LogP contribution in [0.4, 0.5) is 5.69 Å². The number of hydrogen-bond acceptors (Lipinski definition) is 4. The lowest BCUT2D eigenvalue weighted by Gasteiger charge is -2.30. The highest BCUT2D eigenvalue weighted by molar-refractivity contribution is 7.80. The van der Waals surface area contributed by atoms with E-state index in [0.29, 0.717) is 11.3 Å². The van der Waals surface area contributed by atoms with Gasteiger partial charge in [-0.2, -0.15) is 0 Å². The van der Waals surface area contributed by atoms with Gasteiger partial charge in [0.15, 0.2) is 5.11 Å². The molecule has 0 atom stereocenters. The van der Waals surface area contributed by atoms with Crippen LogP contribution in [0, 0.1) is 13.8 Å². The van der Waals surface area contributed by atoms with Crippen LogP contribution in [-0.2, 0) is 9.59 Å². The minimum Gasteiger partial charge on any atom is -0.472 e. The van der Waals surface area contributed by atoms with Crippen molar-refractivity contribution < 1.29 is 14.0 Å². The zero-order valence-corrected chi connectivity index (χ0v) is 13.4. The zero-order valence-electron chi connectivity index (χ0n) is 12.6. The number of carbonyl (C=O) groups is 2. The lowest BCUT2D eigenvalue weighted by Crippen LogP contribution is -2.54. The largest absolute Gasteiger partial charge is 0.472 e. The quantitative estimate of drug-likeness (QED) is 0.524. The average molecular weight is 326 g/mol. The summed E-state index contributed by atoms with van der Waals surface area (Å²) in [4.78, 5) is 26.3. The maximum atomic E-state index is 12.8. The fourth-order valence-corrected chi connectivity index (χ4v) is 2.65. The van der Waals surface area contributed by atoms with Gasteiger partial charge >= 0.3 is 0 Å². The summed E-state index contributed by atoms with van der Waals surface area (Å²) in [6.45, 7) is 3.87. The molecule has 1 aliphatic heterocycles. The third-order valence-corrected chi connectivity index (χ3v) is 4.06. The Morgan fingerprint density at radius 1 is 1.22 bits per heavy atom. The number of benzene rings is 1. The van der Waals surface area contributed by atoms with Crippen LogP contribution < -0.4 is 10.2 Å². The van der Waals surface area contributed by atoms with Crippen LogP contribution in [0.15, 0.2) is 46.8 Å². The summed E-state index contributed by atoms with van der Waals surface area (Å²) < 4.78 is 4.97. The first-order valence-electron chi connectivity index (χ1n) is 6.99. The first-order valence-corrected chi connectivity index (χ1v) is 7.39. The van der Waals surface area contributed by atoms with Gasteiger partial charge < -0.3 is 4.42 Å². The van der Waals surface area contributed by atoms with Gasteiger partial charge in [-0.15, -0.1) is 0 Å². The van der Waals surface area contributed by atoms with Gasteiger partial charge in [-0.1, -0.05) is 12.1 Å². The number of furan rings is 1. The molecule has 2 aromatic rings. The fraction of sp³-hybridized carbons (Fsp3) is 0.118. The molecule has 3 rings (SSSR count). The van der Waals surface area contributed by atoms with E-state index < -0.39 is 11.8 Å². The van der Waals surface area contributed by atoms with Gasteiger partial charge in [0, 0.05) is 5.56 Å². The van der Waals surface area contributed by atoms with Crippen molar-refractivity contribution in [2.45, 2.75) is 13.8 Å². The second-order valence-corrected chi connectivity index (χ2v) is 5.62. The summed E-state index contributed by atoms with van der Waals surface area (Å²) in [7, 11) is 0. The van der Waals surface area contributed by atoms with Crippen LogP contribution in [0.1, 0.15) is 16.7 Å². The highest BCUT2D eigenvalue weighted by Crippen LogP contribution is 2.27. The van der Waals surface area contributed by atoms with Gasteiger partial charge in [-0.25, -0.2) is 0 Å². The number of amides is 2. The molecule has 5 nitrogen and oxygen atoms in total. The molecule has 6 heteroatoms. The predicted octanol–water partition coefficient (Wildman–Crippen LogP) is 2.73. The Morgan fingerprint density at radius 3 is 2.70 bits per heavy atom. The minimum absolute atomic E-state index is 0.0147. The molecular formula is C17H14N2O3S. The number of nitrogens with one attached hydrogen (secondary N) is 1. The van der Waals surface area contributed by atoms with Crippen LogP contribution in [0.5, 0.6) is 0 Å². The van der Waals surface area contributed by atoms with Gasteiger partial charge in [0.25, 0.3) is 11.8 Å². The Bertz CT molecular complexity index is 838. The topological polar surface area (TPSA) is 62.6 Å². The molecule has 0 radical (unpaired) electrons. The van der Waals surface area contributed by atoms with Gasteiger partial charge in [0.05, 0.1) is 18.2 Å². The number of rotatable bonds is 2. The van der Waals surface area contributed by atoms with E-state index in [0.717, 1.165) is 11.1 Å². The Balaban J connectivity index is 2.07.